The number of aromatic carboxylic acids is 1. The lowest BCUT2D eigenvalue weighted by Crippen LogP contribution is -2.22. The van der Waals surface area contributed by atoms with Crippen molar-refractivity contribution in [2.24, 2.45) is 5.92 Å². The summed E-state index contributed by atoms with van der Waals surface area (Å²) in [5.74, 6) is -1.65. The zero-order valence-corrected chi connectivity index (χ0v) is 12.4. The number of carboxylic acid groups (broad SMARTS) is 1. The Hall–Kier alpha value is -2.17. The maximum Gasteiger partial charge on any atom is 0.335 e. The molecule has 0 aromatic heterocycles. The van der Waals surface area contributed by atoms with Crippen LogP contribution in [0.4, 0.5) is 5.69 Å². The number of unbranched alkanes of at least 4 members (excludes halogenated alkanes) is 1. The number of carboxylic acids is 1. The number of carbonyl (C=O) groups excluding carboxylic acids is 2. The minimum atomic E-state index is -1.08. The highest BCUT2D eigenvalue weighted by Crippen LogP contribution is 2.12. The molecular formula is C16H21NO4. The van der Waals surface area contributed by atoms with Crippen LogP contribution in [-0.2, 0) is 9.59 Å². The molecule has 0 aliphatic rings. The molecule has 1 rings (SSSR count). The van der Waals surface area contributed by atoms with Crippen LogP contribution in [0, 0.1) is 5.92 Å². The van der Waals surface area contributed by atoms with E-state index in [2.05, 4.69) is 19.2 Å². The molecule has 0 bridgehead atoms. The van der Waals surface area contributed by atoms with Crippen molar-refractivity contribution < 1.29 is 19.5 Å². The molecule has 21 heavy (non-hydrogen) atoms. The third-order valence-electron chi connectivity index (χ3n) is 3.06. The van der Waals surface area contributed by atoms with Gasteiger partial charge in [0.05, 0.1) is 5.56 Å². The summed E-state index contributed by atoms with van der Waals surface area (Å²) in [6.45, 7) is 4.23. The van der Waals surface area contributed by atoms with Crippen LogP contribution in [0.5, 0.6) is 0 Å². The molecule has 0 atom stereocenters. The van der Waals surface area contributed by atoms with Gasteiger partial charge in [0.15, 0.2) is 0 Å². The second-order valence-electron chi connectivity index (χ2n) is 5.40. The summed E-state index contributed by atoms with van der Waals surface area (Å²) in [4.78, 5) is 34.2. The number of rotatable bonds is 8. The molecule has 0 saturated heterocycles. The number of carbonyl (C=O) groups is 3. The Morgan fingerprint density at radius 1 is 1.19 bits per heavy atom. The standard InChI is InChI=1S/C16H21NO4/c1-11(2)6-3-4-9-14(18)15(19)17-13-8-5-7-12(10-13)16(20)21/h5,7-8,10-11H,3-4,6,9H2,1-2H3,(H,17,19)(H,20,21). The van der Waals surface area contributed by atoms with Crippen LogP contribution in [0.15, 0.2) is 24.3 Å². The first-order valence-corrected chi connectivity index (χ1v) is 7.07. The third-order valence-corrected chi connectivity index (χ3v) is 3.06. The van der Waals surface area contributed by atoms with Crippen molar-refractivity contribution in [1.29, 1.82) is 0 Å². The molecule has 0 unspecified atom stereocenters. The fourth-order valence-corrected chi connectivity index (χ4v) is 1.88. The van der Waals surface area contributed by atoms with Crippen molar-refractivity contribution in [3.63, 3.8) is 0 Å². The predicted molar refractivity (Wildman–Crippen MR) is 80.3 cm³/mol. The van der Waals surface area contributed by atoms with Gasteiger partial charge in [-0.2, -0.15) is 0 Å². The number of Topliss-reactive ketones (excluding diaryl/α,β-unsaturated/α-hetero) is 1. The summed E-state index contributed by atoms with van der Waals surface area (Å²) in [7, 11) is 0. The highest BCUT2D eigenvalue weighted by Gasteiger charge is 2.14. The van der Waals surface area contributed by atoms with Gasteiger partial charge in [-0.1, -0.05) is 32.8 Å². The lowest BCUT2D eigenvalue weighted by molar-refractivity contribution is -0.134. The summed E-state index contributed by atoms with van der Waals surface area (Å²) in [5.41, 5.74) is 0.382. The second kappa shape index (κ2) is 8.19. The molecule has 0 spiro atoms. The Bertz CT molecular complexity index is 523. The monoisotopic (exact) mass is 291 g/mol. The number of anilines is 1. The molecule has 2 N–H and O–H groups in total. The van der Waals surface area contributed by atoms with E-state index in [1.165, 1.54) is 18.2 Å². The quantitative estimate of drug-likeness (QED) is 0.569. The van der Waals surface area contributed by atoms with E-state index in [-0.39, 0.29) is 12.0 Å². The minimum absolute atomic E-state index is 0.0668. The highest BCUT2D eigenvalue weighted by molar-refractivity contribution is 6.40. The molecule has 5 heteroatoms. The van der Waals surface area contributed by atoms with Gasteiger partial charge in [0, 0.05) is 12.1 Å². The smallest absolute Gasteiger partial charge is 0.335 e. The van der Waals surface area contributed by atoms with Crippen LogP contribution in [-0.4, -0.2) is 22.8 Å². The van der Waals surface area contributed by atoms with Crippen molar-refractivity contribution in [3.05, 3.63) is 29.8 Å². The van der Waals surface area contributed by atoms with E-state index in [1.807, 2.05) is 0 Å². The summed E-state index contributed by atoms with van der Waals surface area (Å²) in [5, 5.41) is 11.3. The SMILES string of the molecule is CC(C)CCCCC(=O)C(=O)Nc1cccc(C(=O)O)c1. The fourth-order valence-electron chi connectivity index (χ4n) is 1.88. The molecule has 1 amide bonds. The number of hydrogen-bond acceptors (Lipinski definition) is 3. The van der Waals surface area contributed by atoms with Gasteiger partial charge in [-0.25, -0.2) is 4.79 Å². The zero-order valence-electron chi connectivity index (χ0n) is 12.4. The Morgan fingerprint density at radius 2 is 1.90 bits per heavy atom. The molecule has 0 heterocycles. The van der Waals surface area contributed by atoms with Gasteiger partial charge in [-0.15, -0.1) is 0 Å². The summed E-state index contributed by atoms with van der Waals surface area (Å²) in [6.07, 6.45) is 2.87. The molecule has 0 fully saturated rings. The fraction of sp³-hybridized carbons (Fsp3) is 0.438. The first-order chi connectivity index (χ1) is 9.90. The summed E-state index contributed by atoms with van der Waals surface area (Å²) < 4.78 is 0. The summed E-state index contributed by atoms with van der Waals surface area (Å²) in [6, 6.07) is 5.82. The van der Waals surface area contributed by atoms with E-state index in [0.717, 1.165) is 12.8 Å². The maximum absolute atomic E-state index is 11.7. The average molecular weight is 291 g/mol. The molecule has 0 aliphatic heterocycles. The normalized spacial score (nSPS) is 10.4. The molecule has 0 saturated carbocycles. The van der Waals surface area contributed by atoms with Crippen molar-refractivity contribution in [2.75, 3.05) is 5.32 Å². The van der Waals surface area contributed by atoms with Crippen LogP contribution in [0.25, 0.3) is 0 Å². The lowest BCUT2D eigenvalue weighted by atomic mass is 10.0. The van der Waals surface area contributed by atoms with Gasteiger partial charge in [0.25, 0.3) is 5.91 Å². The molecule has 1 aromatic carbocycles. The van der Waals surface area contributed by atoms with Gasteiger partial charge in [-0.3, -0.25) is 9.59 Å². The second-order valence-corrected chi connectivity index (χ2v) is 5.40. The molecule has 1 aromatic rings. The van der Waals surface area contributed by atoms with E-state index in [9.17, 15) is 14.4 Å². The van der Waals surface area contributed by atoms with Crippen LogP contribution in [0.1, 0.15) is 49.9 Å². The van der Waals surface area contributed by atoms with Gasteiger partial charge >= 0.3 is 5.97 Å². The van der Waals surface area contributed by atoms with Gasteiger partial charge in [0.2, 0.25) is 5.78 Å². The largest absolute Gasteiger partial charge is 0.478 e. The highest BCUT2D eigenvalue weighted by atomic mass is 16.4. The maximum atomic E-state index is 11.7. The van der Waals surface area contributed by atoms with E-state index in [4.69, 9.17) is 5.11 Å². The molecule has 114 valence electrons. The van der Waals surface area contributed by atoms with Gasteiger partial charge in [0.1, 0.15) is 0 Å². The van der Waals surface area contributed by atoms with E-state index >= 15 is 0 Å². The van der Waals surface area contributed by atoms with Crippen LogP contribution >= 0.6 is 0 Å². The predicted octanol–water partition coefficient (Wildman–Crippen LogP) is 3.11. The number of amides is 1. The minimum Gasteiger partial charge on any atom is -0.478 e. The van der Waals surface area contributed by atoms with E-state index in [1.54, 1.807) is 6.07 Å². The first kappa shape index (κ1) is 16.9. The van der Waals surface area contributed by atoms with Crippen LogP contribution in [0.3, 0.4) is 0 Å². The molecular weight excluding hydrogens is 270 g/mol. The number of ketones is 1. The van der Waals surface area contributed by atoms with Crippen molar-refractivity contribution in [2.45, 2.75) is 39.5 Å². The van der Waals surface area contributed by atoms with Crippen LogP contribution < -0.4 is 5.32 Å². The average Bonchev–Trinajstić information content (AvgIpc) is 2.43. The Balaban J connectivity index is 2.47. The van der Waals surface area contributed by atoms with Crippen molar-refractivity contribution in [3.8, 4) is 0 Å². The third kappa shape index (κ3) is 6.21. The molecule has 0 radical (unpaired) electrons. The Kier molecular flexibility index (Phi) is 6.59. The topological polar surface area (TPSA) is 83.5 Å². The number of hydrogen-bond donors (Lipinski definition) is 2. The van der Waals surface area contributed by atoms with E-state index < -0.39 is 17.7 Å². The zero-order chi connectivity index (χ0) is 15.8. The van der Waals surface area contributed by atoms with Gasteiger partial charge < -0.3 is 10.4 Å². The molecule has 0 aliphatic carbocycles. The summed E-state index contributed by atoms with van der Waals surface area (Å²) >= 11 is 0. The van der Waals surface area contributed by atoms with E-state index in [0.29, 0.717) is 18.0 Å². The first-order valence-electron chi connectivity index (χ1n) is 7.07. The lowest BCUT2D eigenvalue weighted by Gasteiger charge is -2.06. The van der Waals surface area contributed by atoms with Crippen molar-refractivity contribution >= 4 is 23.3 Å². The number of benzene rings is 1. The van der Waals surface area contributed by atoms with Crippen molar-refractivity contribution in [1.82, 2.24) is 0 Å². The number of nitrogens with one attached hydrogen (secondary N) is 1. The van der Waals surface area contributed by atoms with Gasteiger partial charge in [-0.05, 0) is 30.5 Å². The molecule has 5 nitrogen and oxygen atoms in total. The Morgan fingerprint density at radius 3 is 2.52 bits per heavy atom. The van der Waals surface area contributed by atoms with Crippen LogP contribution in [0.2, 0.25) is 0 Å². The Labute approximate surface area is 124 Å².